The molecule has 34 heavy (non-hydrogen) atoms. The highest BCUT2D eigenvalue weighted by molar-refractivity contribution is 5.96. The van der Waals surface area contributed by atoms with Crippen LogP contribution in [0, 0.1) is 11.3 Å². The van der Waals surface area contributed by atoms with Crippen LogP contribution in [0.4, 0.5) is 19.1 Å². The normalized spacial score (nSPS) is 11.5. The first-order chi connectivity index (χ1) is 16.4. The standard InChI is InChI=1S/C23H15F3N8/c24-23(25,26)16-4-5-20-18(7-16)19(11-29-20)21-15(8-27)10-31-22(33-21)30-9-14-2-1-3-17(6-14)34-13-28-12-32-34/h1-7,10-13,29H,9H2,(H,30,31,33). The van der Waals surface area contributed by atoms with E-state index in [0.717, 1.165) is 23.4 Å². The van der Waals surface area contributed by atoms with Crippen LogP contribution >= 0.6 is 0 Å². The number of nitrogens with zero attached hydrogens (tertiary/aromatic N) is 6. The fourth-order valence-corrected chi connectivity index (χ4v) is 3.58. The van der Waals surface area contributed by atoms with Crippen molar-refractivity contribution in [1.82, 2.24) is 29.7 Å². The summed E-state index contributed by atoms with van der Waals surface area (Å²) in [6.45, 7) is 0.375. The minimum absolute atomic E-state index is 0.150. The summed E-state index contributed by atoms with van der Waals surface area (Å²) in [5, 5.41) is 17.1. The first-order valence-corrected chi connectivity index (χ1v) is 10.1. The number of benzene rings is 2. The highest BCUT2D eigenvalue weighted by Gasteiger charge is 2.31. The second kappa shape index (κ2) is 8.32. The van der Waals surface area contributed by atoms with Crippen molar-refractivity contribution in [2.24, 2.45) is 0 Å². The zero-order valence-corrected chi connectivity index (χ0v) is 17.4. The molecule has 3 aromatic heterocycles. The molecule has 0 atom stereocenters. The van der Waals surface area contributed by atoms with Gasteiger partial charge in [0.2, 0.25) is 5.95 Å². The van der Waals surface area contributed by atoms with Gasteiger partial charge in [0, 0.05) is 29.2 Å². The zero-order valence-electron chi connectivity index (χ0n) is 17.4. The van der Waals surface area contributed by atoms with E-state index in [1.807, 2.05) is 30.3 Å². The molecule has 0 aliphatic heterocycles. The summed E-state index contributed by atoms with van der Waals surface area (Å²) in [6.07, 6.45) is 1.44. The van der Waals surface area contributed by atoms with Crippen LogP contribution in [0.5, 0.6) is 0 Å². The van der Waals surface area contributed by atoms with Crippen molar-refractivity contribution < 1.29 is 13.2 Å². The Morgan fingerprint density at radius 2 is 2.03 bits per heavy atom. The average molecular weight is 460 g/mol. The first-order valence-electron chi connectivity index (χ1n) is 10.1. The fraction of sp³-hybridized carbons (Fsp3) is 0.0870. The van der Waals surface area contributed by atoms with E-state index in [9.17, 15) is 18.4 Å². The number of aromatic nitrogens is 6. The van der Waals surface area contributed by atoms with Crippen LogP contribution < -0.4 is 5.32 Å². The molecule has 168 valence electrons. The Morgan fingerprint density at radius 3 is 2.79 bits per heavy atom. The number of fused-ring (bicyclic) bond motifs is 1. The molecule has 2 aromatic carbocycles. The average Bonchev–Trinajstić information content (AvgIpc) is 3.52. The molecule has 0 amide bonds. The van der Waals surface area contributed by atoms with Crippen LogP contribution in [-0.2, 0) is 12.7 Å². The molecule has 0 spiro atoms. The predicted octanol–water partition coefficient (Wildman–Crippen LogP) is 4.71. The van der Waals surface area contributed by atoms with Crippen LogP contribution in [0.2, 0.25) is 0 Å². The number of anilines is 1. The number of hydrogen-bond donors (Lipinski definition) is 2. The second-order valence-electron chi connectivity index (χ2n) is 7.39. The van der Waals surface area contributed by atoms with Crippen molar-refractivity contribution in [2.75, 3.05) is 5.32 Å². The van der Waals surface area contributed by atoms with E-state index in [1.54, 1.807) is 17.2 Å². The molecule has 0 aliphatic carbocycles. The SMILES string of the molecule is N#Cc1cnc(NCc2cccc(-n3cncn3)c2)nc1-c1c[nH]c2ccc(C(F)(F)F)cc12. The molecule has 3 heterocycles. The molecule has 11 heteroatoms. The smallest absolute Gasteiger partial charge is 0.360 e. The quantitative estimate of drug-likeness (QED) is 0.393. The fourth-order valence-electron chi connectivity index (χ4n) is 3.58. The summed E-state index contributed by atoms with van der Waals surface area (Å²) in [6, 6.07) is 13.0. The summed E-state index contributed by atoms with van der Waals surface area (Å²) >= 11 is 0. The number of nitriles is 1. The lowest BCUT2D eigenvalue weighted by Crippen LogP contribution is -2.06. The van der Waals surface area contributed by atoms with E-state index < -0.39 is 11.7 Å². The summed E-state index contributed by atoms with van der Waals surface area (Å²) in [7, 11) is 0. The maximum atomic E-state index is 13.2. The Kier molecular flexibility index (Phi) is 5.18. The topological polar surface area (TPSA) is 108 Å². The molecule has 5 aromatic rings. The number of H-pyrrole nitrogens is 1. The largest absolute Gasteiger partial charge is 0.416 e. The molecule has 0 aliphatic rings. The molecule has 5 rings (SSSR count). The van der Waals surface area contributed by atoms with Crippen molar-refractivity contribution >= 4 is 16.9 Å². The van der Waals surface area contributed by atoms with Crippen molar-refractivity contribution in [3.63, 3.8) is 0 Å². The number of rotatable bonds is 5. The van der Waals surface area contributed by atoms with E-state index in [-0.39, 0.29) is 17.2 Å². The van der Waals surface area contributed by atoms with Gasteiger partial charge in [-0.1, -0.05) is 12.1 Å². The van der Waals surface area contributed by atoms with Gasteiger partial charge in [-0.15, -0.1) is 0 Å². The number of halogens is 3. The van der Waals surface area contributed by atoms with Crippen LogP contribution in [0.15, 0.2) is 67.5 Å². The van der Waals surface area contributed by atoms with Gasteiger partial charge in [0.25, 0.3) is 0 Å². The number of nitrogens with one attached hydrogen (secondary N) is 2. The molecule has 0 saturated carbocycles. The number of alkyl halides is 3. The highest BCUT2D eigenvalue weighted by atomic mass is 19.4. The van der Waals surface area contributed by atoms with Gasteiger partial charge < -0.3 is 10.3 Å². The molecule has 0 radical (unpaired) electrons. The summed E-state index contributed by atoms with van der Waals surface area (Å²) in [5.74, 6) is 0.237. The first kappa shape index (κ1) is 21.1. The van der Waals surface area contributed by atoms with Crippen LogP contribution in [0.25, 0.3) is 27.8 Å². The molecule has 0 saturated heterocycles. The zero-order chi connectivity index (χ0) is 23.7. The van der Waals surface area contributed by atoms with Crippen molar-refractivity contribution in [1.29, 1.82) is 5.26 Å². The lowest BCUT2D eigenvalue weighted by molar-refractivity contribution is -0.137. The summed E-state index contributed by atoms with van der Waals surface area (Å²) in [4.78, 5) is 15.5. The molecule has 2 N–H and O–H groups in total. The Labute approximate surface area is 190 Å². The Balaban J connectivity index is 1.46. The van der Waals surface area contributed by atoms with Gasteiger partial charge in [-0.25, -0.2) is 19.6 Å². The van der Waals surface area contributed by atoms with Crippen molar-refractivity contribution in [2.45, 2.75) is 12.7 Å². The lowest BCUT2D eigenvalue weighted by Gasteiger charge is -2.10. The molecule has 8 nitrogen and oxygen atoms in total. The van der Waals surface area contributed by atoms with E-state index >= 15 is 0 Å². The summed E-state index contributed by atoms with van der Waals surface area (Å²) < 4.78 is 41.3. The van der Waals surface area contributed by atoms with Crippen LogP contribution in [-0.4, -0.2) is 29.7 Å². The van der Waals surface area contributed by atoms with Gasteiger partial charge in [-0.3, -0.25) is 0 Å². The lowest BCUT2D eigenvalue weighted by atomic mass is 10.0. The molecular weight excluding hydrogens is 445 g/mol. The van der Waals surface area contributed by atoms with Crippen LogP contribution in [0.3, 0.4) is 0 Å². The minimum Gasteiger partial charge on any atom is -0.360 e. The van der Waals surface area contributed by atoms with Gasteiger partial charge >= 0.3 is 6.18 Å². The minimum atomic E-state index is -4.49. The van der Waals surface area contributed by atoms with Gasteiger partial charge in [0.1, 0.15) is 18.7 Å². The van der Waals surface area contributed by atoms with E-state index in [1.165, 1.54) is 18.6 Å². The maximum absolute atomic E-state index is 13.2. The third-order valence-corrected chi connectivity index (χ3v) is 5.22. The Bertz CT molecular complexity index is 1510. The van der Waals surface area contributed by atoms with Gasteiger partial charge in [-0.05, 0) is 35.9 Å². The maximum Gasteiger partial charge on any atom is 0.416 e. The van der Waals surface area contributed by atoms with Crippen molar-refractivity contribution in [3.8, 4) is 23.0 Å². The predicted molar refractivity (Wildman–Crippen MR) is 118 cm³/mol. The third kappa shape index (κ3) is 4.04. The van der Waals surface area contributed by atoms with Crippen LogP contribution in [0.1, 0.15) is 16.7 Å². The number of hydrogen-bond acceptors (Lipinski definition) is 6. The molecule has 0 bridgehead atoms. The number of aromatic amines is 1. The van der Waals surface area contributed by atoms with E-state index in [4.69, 9.17) is 0 Å². The Hall–Kier alpha value is -4.72. The van der Waals surface area contributed by atoms with Gasteiger partial charge in [0.05, 0.1) is 28.7 Å². The second-order valence-corrected chi connectivity index (χ2v) is 7.39. The van der Waals surface area contributed by atoms with E-state index in [2.05, 4.69) is 30.4 Å². The summed E-state index contributed by atoms with van der Waals surface area (Å²) in [5.41, 5.74) is 2.25. The molecule has 0 fully saturated rings. The van der Waals surface area contributed by atoms with E-state index in [0.29, 0.717) is 23.0 Å². The monoisotopic (exact) mass is 460 g/mol. The molecule has 0 unspecified atom stereocenters. The van der Waals surface area contributed by atoms with Gasteiger partial charge in [0.15, 0.2) is 0 Å². The van der Waals surface area contributed by atoms with Crippen molar-refractivity contribution in [3.05, 3.63) is 84.2 Å². The van der Waals surface area contributed by atoms with Gasteiger partial charge in [-0.2, -0.15) is 23.5 Å². The highest BCUT2D eigenvalue weighted by Crippen LogP contribution is 2.35. The third-order valence-electron chi connectivity index (χ3n) is 5.22. The Morgan fingerprint density at radius 1 is 1.15 bits per heavy atom. The molecular formula is C23H15F3N8.